The molecule has 0 radical (unpaired) electrons. The minimum Gasteiger partial charge on any atom is -0.396 e. The van der Waals surface area contributed by atoms with E-state index in [0.29, 0.717) is 30.6 Å². The van der Waals surface area contributed by atoms with Gasteiger partial charge in [-0.25, -0.2) is 0 Å². The zero-order chi connectivity index (χ0) is 20.3. The molecule has 148 valence electrons. The Balaban J connectivity index is 1.57. The number of aliphatic hydroxyl groups excluding tert-OH is 1. The summed E-state index contributed by atoms with van der Waals surface area (Å²) >= 11 is 0. The second-order valence-corrected chi connectivity index (χ2v) is 8.44. The van der Waals surface area contributed by atoms with Crippen LogP contribution in [-0.4, -0.2) is 23.5 Å². The molecular formula is C23H28N2O3. The topological polar surface area (TPSA) is 78.4 Å². The molecule has 5 nitrogen and oxygen atoms in total. The van der Waals surface area contributed by atoms with E-state index in [9.17, 15) is 14.7 Å². The van der Waals surface area contributed by atoms with Crippen LogP contribution in [0.3, 0.4) is 0 Å². The molecule has 1 unspecified atom stereocenters. The van der Waals surface area contributed by atoms with Gasteiger partial charge in [0.1, 0.15) is 0 Å². The van der Waals surface area contributed by atoms with Gasteiger partial charge in [-0.05, 0) is 47.1 Å². The van der Waals surface area contributed by atoms with Gasteiger partial charge in [-0.2, -0.15) is 0 Å². The summed E-state index contributed by atoms with van der Waals surface area (Å²) in [6.45, 7) is 6.38. The summed E-state index contributed by atoms with van der Waals surface area (Å²) in [6.07, 6.45) is 1.58. The van der Waals surface area contributed by atoms with Crippen molar-refractivity contribution in [1.82, 2.24) is 0 Å². The number of carbonyl (C=O) groups is 2. The van der Waals surface area contributed by atoms with E-state index in [1.807, 2.05) is 12.1 Å². The Morgan fingerprint density at radius 2 is 1.89 bits per heavy atom. The number of aliphatic hydroxyl groups is 1. The third-order valence-corrected chi connectivity index (χ3v) is 5.17. The summed E-state index contributed by atoms with van der Waals surface area (Å²) < 4.78 is 0. The SMILES string of the molecule is CC(C)(C)c1ccc(CCC(=O)Nc2ccc3c(c2)NC(=O)C(CO)C3)cc1. The Morgan fingerprint density at radius 3 is 2.54 bits per heavy atom. The minimum atomic E-state index is -0.405. The maximum atomic E-state index is 12.3. The second kappa shape index (κ2) is 8.15. The predicted molar refractivity (Wildman–Crippen MR) is 111 cm³/mol. The molecule has 0 aromatic heterocycles. The fraction of sp³-hybridized carbons (Fsp3) is 0.391. The highest BCUT2D eigenvalue weighted by Gasteiger charge is 2.25. The number of rotatable bonds is 5. The first-order valence-electron chi connectivity index (χ1n) is 9.70. The standard InChI is InChI=1S/C23H28N2O3/c1-23(2,3)18-8-4-15(5-9-18)6-11-21(27)24-19-10-7-16-12-17(14-26)22(28)25-20(16)13-19/h4-5,7-10,13,17,26H,6,11-12,14H2,1-3H3,(H,24,27)(H,25,28). The van der Waals surface area contributed by atoms with Crippen molar-refractivity contribution < 1.29 is 14.7 Å². The number of anilines is 2. The molecule has 2 aromatic carbocycles. The van der Waals surface area contributed by atoms with E-state index in [1.54, 1.807) is 6.07 Å². The lowest BCUT2D eigenvalue weighted by molar-refractivity contribution is -0.121. The molecule has 28 heavy (non-hydrogen) atoms. The molecule has 0 fully saturated rings. The Kier molecular flexibility index (Phi) is 5.84. The summed E-state index contributed by atoms with van der Waals surface area (Å²) in [4.78, 5) is 24.2. The van der Waals surface area contributed by atoms with E-state index in [0.717, 1.165) is 11.1 Å². The summed E-state index contributed by atoms with van der Waals surface area (Å²) in [7, 11) is 0. The van der Waals surface area contributed by atoms with E-state index in [-0.39, 0.29) is 23.8 Å². The van der Waals surface area contributed by atoms with E-state index in [4.69, 9.17) is 0 Å². The highest BCUT2D eigenvalue weighted by atomic mass is 16.3. The van der Waals surface area contributed by atoms with Crippen LogP contribution < -0.4 is 10.6 Å². The van der Waals surface area contributed by atoms with Gasteiger partial charge in [-0.15, -0.1) is 0 Å². The second-order valence-electron chi connectivity index (χ2n) is 8.44. The van der Waals surface area contributed by atoms with Crippen LogP contribution in [0, 0.1) is 5.92 Å². The summed E-state index contributed by atoms with van der Waals surface area (Å²) in [6, 6.07) is 13.9. The predicted octanol–water partition coefficient (Wildman–Crippen LogP) is 3.66. The Hall–Kier alpha value is -2.66. The monoisotopic (exact) mass is 380 g/mol. The maximum absolute atomic E-state index is 12.3. The molecule has 1 aliphatic rings. The molecule has 2 aromatic rings. The third-order valence-electron chi connectivity index (χ3n) is 5.17. The van der Waals surface area contributed by atoms with Crippen molar-refractivity contribution >= 4 is 23.2 Å². The molecule has 2 amide bonds. The number of amides is 2. The molecule has 0 saturated heterocycles. The van der Waals surface area contributed by atoms with E-state index in [1.165, 1.54) is 5.56 Å². The van der Waals surface area contributed by atoms with Crippen LogP contribution >= 0.6 is 0 Å². The first kappa shape index (κ1) is 20.1. The quantitative estimate of drug-likeness (QED) is 0.741. The van der Waals surface area contributed by atoms with Crippen LogP contribution in [0.4, 0.5) is 11.4 Å². The molecule has 0 bridgehead atoms. The molecule has 1 atom stereocenters. The largest absolute Gasteiger partial charge is 0.396 e. The Labute approximate surface area is 166 Å². The molecule has 3 rings (SSSR count). The van der Waals surface area contributed by atoms with Crippen LogP contribution in [0.5, 0.6) is 0 Å². The fourth-order valence-electron chi connectivity index (χ4n) is 3.34. The Morgan fingerprint density at radius 1 is 1.18 bits per heavy atom. The van der Waals surface area contributed by atoms with Crippen LogP contribution in [0.1, 0.15) is 43.9 Å². The molecule has 0 aliphatic carbocycles. The van der Waals surface area contributed by atoms with E-state index < -0.39 is 5.92 Å². The zero-order valence-corrected chi connectivity index (χ0v) is 16.7. The number of nitrogens with one attached hydrogen (secondary N) is 2. The molecule has 3 N–H and O–H groups in total. The molecule has 5 heteroatoms. The number of carbonyl (C=O) groups excluding carboxylic acids is 2. The van der Waals surface area contributed by atoms with Gasteiger partial charge in [-0.1, -0.05) is 51.1 Å². The van der Waals surface area contributed by atoms with E-state index >= 15 is 0 Å². The van der Waals surface area contributed by atoms with Gasteiger partial charge >= 0.3 is 0 Å². The zero-order valence-electron chi connectivity index (χ0n) is 16.7. The van der Waals surface area contributed by atoms with Crippen molar-refractivity contribution in [1.29, 1.82) is 0 Å². The average Bonchev–Trinajstić information content (AvgIpc) is 2.65. The van der Waals surface area contributed by atoms with Gasteiger partial charge < -0.3 is 15.7 Å². The van der Waals surface area contributed by atoms with Crippen LogP contribution in [0.15, 0.2) is 42.5 Å². The summed E-state index contributed by atoms with van der Waals surface area (Å²) in [5.41, 5.74) is 4.86. The van der Waals surface area contributed by atoms with Crippen molar-refractivity contribution in [2.24, 2.45) is 5.92 Å². The van der Waals surface area contributed by atoms with Crippen molar-refractivity contribution in [3.8, 4) is 0 Å². The molecule has 0 saturated carbocycles. The number of hydrogen-bond acceptors (Lipinski definition) is 3. The number of hydrogen-bond donors (Lipinski definition) is 3. The highest BCUT2D eigenvalue weighted by Crippen LogP contribution is 2.28. The van der Waals surface area contributed by atoms with Crippen LogP contribution in [0.2, 0.25) is 0 Å². The van der Waals surface area contributed by atoms with Crippen LogP contribution in [-0.2, 0) is 27.8 Å². The molecule has 1 aliphatic heterocycles. The van der Waals surface area contributed by atoms with E-state index in [2.05, 4.69) is 55.7 Å². The first-order valence-corrected chi connectivity index (χ1v) is 9.70. The molecule has 1 heterocycles. The number of benzene rings is 2. The van der Waals surface area contributed by atoms with Crippen LogP contribution in [0.25, 0.3) is 0 Å². The van der Waals surface area contributed by atoms with Gasteiger partial charge in [0, 0.05) is 17.8 Å². The molecule has 0 spiro atoms. The summed E-state index contributed by atoms with van der Waals surface area (Å²) in [5, 5.41) is 14.9. The third kappa shape index (κ3) is 4.78. The minimum absolute atomic E-state index is 0.0600. The maximum Gasteiger partial charge on any atom is 0.230 e. The van der Waals surface area contributed by atoms with Gasteiger partial charge in [0.05, 0.1) is 12.5 Å². The molecular weight excluding hydrogens is 352 g/mol. The van der Waals surface area contributed by atoms with Crippen molar-refractivity contribution in [3.63, 3.8) is 0 Å². The van der Waals surface area contributed by atoms with Crippen molar-refractivity contribution in [3.05, 3.63) is 59.2 Å². The van der Waals surface area contributed by atoms with Gasteiger partial charge in [0.15, 0.2) is 0 Å². The van der Waals surface area contributed by atoms with Gasteiger partial charge in [-0.3, -0.25) is 9.59 Å². The fourth-order valence-corrected chi connectivity index (χ4v) is 3.34. The number of fused-ring (bicyclic) bond motifs is 1. The smallest absolute Gasteiger partial charge is 0.230 e. The van der Waals surface area contributed by atoms with Crippen molar-refractivity contribution in [2.45, 2.75) is 45.4 Å². The van der Waals surface area contributed by atoms with Crippen molar-refractivity contribution in [2.75, 3.05) is 17.2 Å². The summed E-state index contributed by atoms with van der Waals surface area (Å²) in [5.74, 6) is -0.648. The first-order chi connectivity index (χ1) is 13.3. The lowest BCUT2D eigenvalue weighted by Gasteiger charge is -2.23. The average molecular weight is 380 g/mol. The lowest BCUT2D eigenvalue weighted by atomic mass is 9.86. The lowest BCUT2D eigenvalue weighted by Crippen LogP contribution is -2.32. The van der Waals surface area contributed by atoms with Gasteiger partial charge in [0.25, 0.3) is 0 Å². The van der Waals surface area contributed by atoms with Gasteiger partial charge in [0.2, 0.25) is 11.8 Å². The normalized spacial score (nSPS) is 16.3. The Bertz CT molecular complexity index is 866. The number of aryl methyl sites for hydroxylation is 1. The highest BCUT2D eigenvalue weighted by molar-refractivity contribution is 5.97.